The van der Waals surface area contributed by atoms with E-state index in [9.17, 15) is 9.18 Å². The molecule has 0 aliphatic carbocycles. The Balaban J connectivity index is 1.60. The zero-order chi connectivity index (χ0) is 16.7. The number of ether oxygens (including phenoxy) is 2. The number of imidazole rings is 1. The molecule has 3 heterocycles. The Hall–Kier alpha value is -1.99. The molecule has 2 aliphatic heterocycles. The molecule has 2 fully saturated rings. The number of likely N-dealkylation sites (tertiary alicyclic amines) is 1. The topological polar surface area (TPSA) is 67.5 Å². The van der Waals surface area contributed by atoms with E-state index in [1.165, 1.54) is 18.5 Å². The highest BCUT2D eigenvalue weighted by molar-refractivity contribution is 6.04. The Kier molecular flexibility index (Phi) is 3.77. The standard InChI is InChI=1S/C17H20FN3O3/c1-17(23-5-6-24-17)11-3-2-4-21(9-11)16(22)13-7-12(18)8-14-15(13)20-10-19-14/h7-8,10-11H,2-6,9H2,1H3,(H,19,20)/t11-/m0/s1. The number of benzene rings is 1. The van der Waals surface area contributed by atoms with Crippen LogP contribution in [0.25, 0.3) is 11.0 Å². The normalized spacial score (nSPS) is 23.8. The minimum Gasteiger partial charge on any atom is -0.347 e. The summed E-state index contributed by atoms with van der Waals surface area (Å²) >= 11 is 0. The van der Waals surface area contributed by atoms with Crippen molar-refractivity contribution in [3.05, 3.63) is 29.8 Å². The summed E-state index contributed by atoms with van der Waals surface area (Å²) in [4.78, 5) is 21.7. The van der Waals surface area contributed by atoms with Crippen LogP contribution in [0.3, 0.4) is 0 Å². The number of amides is 1. The Morgan fingerprint density at radius 2 is 2.21 bits per heavy atom. The molecule has 0 spiro atoms. The van der Waals surface area contributed by atoms with Gasteiger partial charge in [-0.1, -0.05) is 0 Å². The molecule has 2 saturated heterocycles. The second-order valence-electron chi connectivity index (χ2n) is 6.56. The summed E-state index contributed by atoms with van der Waals surface area (Å²) < 4.78 is 25.3. The maximum atomic E-state index is 13.8. The van der Waals surface area contributed by atoms with Crippen molar-refractivity contribution in [1.29, 1.82) is 0 Å². The van der Waals surface area contributed by atoms with Crippen molar-refractivity contribution in [2.24, 2.45) is 5.92 Å². The molecule has 1 aromatic heterocycles. The fourth-order valence-electron chi connectivity index (χ4n) is 3.70. The molecule has 6 nitrogen and oxygen atoms in total. The molecule has 1 N–H and O–H groups in total. The lowest BCUT2D eigenvalue weighted by Gasteiger charge is -2.39. The number of fused-ring (bicyclic) bond motifs is 1. The van der Waals surface area contributed by atoms with Gasteiger partial charge in [-0.05, 0) is 31.9 Å². The first-order valence-electron chi connectivity index (χ1n) is 8.27. The molecule has 0 saturated carbocycles. The van der Waals surface area contributed by atoms with Gasteiger partial charge in [0.15, 0.2) is 5.79 Å². The Bertz CT molecular complexity index is 770. The fraction of sp³-hybridized carbons (Fsp3) is 0.529. The van der Waals surface area contributed by atoms with Gasteiger partial charge in [-0.15, -0.1) is 0 Å². The molecule has 4 rings (SSSR count). The van der Waals surface area contributed by atoms with Crippen LogP contribution in [0.5, 0.6) is 0 Å². The van der Waals surface area contributed by atoms with Crippen molar-refractivity contribution in [3.63, 3.8) is 0 Å². The molecule has 1 amide bonds. The number of rotatable bonds is 2. The number of hydrogen-bond acceptors (Lipinski definition) is 4. The number of aromatic amines is 1. The van der Waals surface area contributed by atoms with Gasteiger partial charge in [0, 0.05) is 19.0 Å². The van der Waals surface area contributed by atoms with E-state index in [0.29, 0.717) is 42.9 Å². The maximum Gasteiger partial charge on any atom is 0.256 e. The van der Waals surface area contributed by atoms with Gasteiger partial charge in [-0.25, -0.2) is 9.37 Å². The molecule has 128 valence electrons. The summed E-state index contributed by atoms with van der Waals surface area (Å²) in [6.45, 7) is 4.29. The highest BCUT2D eigenvalue weighted by Gasteiger charge is 2.42. The number of halogens is 1. The molecule has 1 aromatic carbocycles. The molecule has 2 aromatic rings. The third-order valence-corrected chi connectivity index (χ3v) is 5.03. The SMILES string of the molecule is CC1([C@H]2CCCN(C(=O)c3cc(F)cc4[nH]cnc34)C2)OCCO1. The number of hydrogen-bond donors (Lipinski definition) is 1. The monoisotopic (exact) mass is 333 g/mol. The third kappa shape index (κ3) is 2.57. The average Bonchev–Trinajstić information content (AvgIpc) is 3.23. The summed E-state index contributed by atoms with van der Waals surface area (Å²) in [6.07, 6.45) is 3.29. The fourth-order valence-corrected chi connectivity index (χ4v) is 3.70. The molecule has 1 atom stereocenters. The first-order valence-corrected chi connectivity index (χ1v) is 8.27. The number of H-pyrrole nitrogens is 1. The summed E-state index contributed by atoms with van der Waals surface area (Å²) in [5.41, 5.74) is 1.33. The third-order valence-electron chi connectivity index (χ3n) is 5.03. The Morgan fingerprint density at radius 3 is 3.00 bits per heavy atom. The molecule has 0 bridgehead atoms. The van der Waals surface area contributed by atoms with Gasteiger partial charge in [0.2, 0.25) is 0 Å². The Labute approximate surface area is 138 Å². The van der Waals surface area contributed by atoms with E-state index < -0.39 is 11.6 Å². The van der Waals surface area contributed by atoms with Crippen molar-refractivity contribution >= 4 is 16.9 Å². The summed E-state index contributed by atoms with van der Waals surface area (Å²) in [5.74, 6) is -1.17. The van der Waals surface area contributed by atoms with Crippen LogP contribution in [0, 0.1) is 11.7 Å². The number of carbonyl (C=O) groups is 1. The van der Waals surface area contributed by atoms with Gasteiger partial charge in [0.1, 0.15) is 11.3 Å². The van der Waals surface area contributed by atoms with Crippen molar-refractivity contribution in [3.8, 4) is 0 Å². The van der Waals surface area contributed by atoms with E-state index in [2.05, 4.69) is 9.97 Å². The lowest BCUT2D eigenvalue weighted by atomic mass is 9.90. The van der Waals surface area contributed by atoms with E-state index >= 15 is 0 Å². The number of aromatic nitrogens is 2. The van der Waals surface area contributed by atoms with Crippen LogP contribution in [0.4, 0.5) is 4.39 Å². The molecular formula is C17H20FN3O3. The molecular weight excluding hydrogens is 313 g/mol. The maximum absolute atomic E-state index is 13.8. The molecule has 0 unspecified atom stereocenters. The quantitative estimate of drug-likeness (QED) is 0.916. The van der Waals surface area contributed by atoms with Crippen LogP contribution in [0.2, 0.25) is 0 Å². The molecule has 0 radical (unpaired) electrons. The highest BCUT2D eigenvalue weighted by Crippen LogP contribution is 2.34. The van der Waals surface area contributed by atoms with Gasteiger partial charge in [0.25, 0.3) is 5.91 Å². The first kappa shape index (κ1) is 15.5. The average molecular weight is 333 g/mol. The van der Waals surface area contributed by atoms with E-state index in [1.807, 2.05) is 6.92 Å². The molecule has 2 aliphatic rings. The van der Waals surface area contributed by atoms with Crippen LogP contribution in [0.15, 0.2) is 18.5 Å². The van der Waals surface area contributed by atoms with E-state index in [-0.39, 0.29) is 11.8 Å². The van der Waals surface area contributed by atoms with E-state index in [0.717, 1.165) is 12.8 Å². The van der Waals surface area contributed by atoms with Crippen LogP contribution in [-0.2, 0) is 9.47 Å². The van der Waals surface area contributed by atoms with Gasteiger partial charge in [-0.3, -0.25) is 4.79 Å². The van der Waals surface area contributed by atoms with Gasteiger partial charge in [-0.2, -0.15) is 0 Å². The second-order valence-corrected chi connectivity index (χ2v) is 6.56. The molecule has 7 heteroatoms. The number of carbonyl (C=O) groups excluding carboxylic acids is 1. The van der Waals surface area contributed by atoms with Gasteiger partial charge < -0.3 is 19.4 Å². The lowest BCUT2D eigenvalue weighted by molar-refractivity contribution is -0.189. The first-order chi connectivity index (χ1) is 11.6. The van der Waals surface area contributed by atoms with Crippen LogP contribution >= 0.6 is 0 Å². The number of piperidine rings is 1. The summed E-state index contributed by atoms with van der Waals surface area (Å²) in [7, 11) is 0. The Morgan fingerprint density at radius 1 is 1.42 bits per heavy atom. The number of nitrogens with zero attached hydrogens (tertiary/aromatic N) is 2. The van der Waals surface area contributed by atoms with Crippen LogP contribution in [-0.4, -0.2) is 52.9 Å². The van der Waals surface area contributed by atoms with Crippen molar-refractivity contribution < 1.29 is 18.7 Å². The smallest absolute Gasteiger partial charge is 0.256 e. The predicted octanol–water partition coefficient (Wildman–Crippen LogP) is 2.32. The highest BCUT2D eigenvalue weighted by atomic mass is 19.1. The zero-order valence-corrected chi connectivity index (χ0v) is 13.5. The lowest BCUT2D eigenvalue weighted by Crippen LogP contribution is -2.48. The van der Waals surface area contributed by atoms with Crippen molar-refractivity contribution in [1.82, 2.24) is 14.9 Å². The number of nitrogens with one attached hydrogen (secondary N) is 1. The van der Waals surface area contributed by atoms with E-state index in [4.69, 9.17) is 9.47 Å². The summed E-state index contributed by atoms with van der Waals surface area (Å²) in [5, 5.41) is 0. The van der Waals surface area contributed by atoms with Crippen LogP contribution < -0.4 is 0 Å². The minimum atomic E-state index is -0.636. The zero-order valence-electron chi connectivity index (χ0n) is 13.5. The largest absolute Gasteiger partial charge is 0.347 e. The predicted molar refractivity (Wildman–Crippen MR) is 85.0 cm³/mol. The second kappa shape index (κ2) is 5.82. The van der Waals surface area contributed by atoms with Crippen LogP contribution in [0.1, 0.15) is 30.1 Å². The summed E-state index contributed by atoms with van der Waals surface area (Å²) in [6, 6.07) is 2.61. The van der Waals surface area contributed by atoms with Crippen molar-refractivity contribution in [2.45, 2.75) is 25.6 Å². The van der Waals surface area contributed by atoms with Gasteiger partial charge >= 0.3 is 0 Å². The van der Waals surface area contributed by atoms with E-state index in [1.54, 1.807) is 4.90 Å². The molecule has 24 heavy (non-hydrogen) atoms. The van der Waals surface area contributed by atoms with Gasteiger partial charge in [0.05, 0.1) is 30.6 Å². The minimum absolute atomic E-state index is 0.112. The van der Waals surface area contributed by atoms with Crippen molar-refractivity contribution in [2.75, 3.05) is 26.3 Å².